The molecule has 0 spiro atoms. The molecule has 0 amide bonds. The van der Waals surface area contributed by atoms with Gasteiger partial charge in [-0.3, -0.25) is 0 Å². The van der Waals surface area contributed by atoms with Gasteiger partial charge in [-0.1, -0.05) is 6.07 Å². The van der Waals surface area contributed by atoms with Crippen molar-refractivity contribution in [3.63, 3.8) is 0 Å². The number of nitrogens with zero attached hydrogens (tertiary/aromatic N) is 3. The molecule has 102 valence electrons. The van der Waals surface area contributed by atoms with Gasteiger partial charge in [0.15, 0.2) is 0 Å². The minimum absolute atomic E-state index is 0.762. The smallest absolute Gasteiger partial charge is 0.138 e. The molecular formula is C14H13BrN4S. The van der Waals surface area contributed by atoms with Crippen LogP contribution in [0.3, 0.4) is 0 Å². The van der Waals surface area contributed by atoms with Crippen LogP contribution in [0.1, 0.15) is 5.69 Å². The first kappa shape index (κ1) is 13.6. The summed E-state index contributed by atoms with van der Waals surface area (Å²) in [5.41, 5.74) is 2.10. The normalized spacial score (nSPS) is 11.1. The lowest BCUT2D eigenvalue weighted by Crippen LogP contribution is -2.08. The minimum Gasteiger partial charge on any atom is -0.314 e. The molecular weight excluding hydrogens is 336 g/mol. The predicted molar refractivity (Wildman–Crippen MR) is 84.0 cm³/mol. The van der Waals surface area contributed by atoms with Gasteiger partial charge in [-0.15, -0.1) is 0 Å². The summed E-state index contributed by atoms with van der Waals surface area (Å²) >= 11 is 5.10. The van der Waals surface area contributed by atoms with Crippen LogP contribution >= 0.6 is 27.7 Å². The third-order valence-electron chi connectivity index (χ3n) is 2.85. The Kier molecular flexibility index (Phi) is 4.05. The number of pyridine rings is 2. The molecule has 4 nitrogen and oxygen atoms in total. The molecule has 0 aliphatic rings. The molecule has 0 aliphatic heterocycles. The number of aromatic nitrogens is 3. The first-order chi connectivity index (χ1) is 9.79. The monoisotopic (exact) mass is 348 g/mol. The fourth-order valence-corrected chi connectivity index (χ4v) is 3.36. The van der Waals surface area contributed by atoms with Gasteiger partial charge in [0.2, 0.25) is 0 Å². The van der Waals surface area contributed by atoms with E-state index in [0.29, 0.717) is 0 Å². The summed E-state index contributed by atoms with van der Waals surface area (Å²) in [6.07, 6.45) is 3.83. The van der Waals surface area contributed by atoms with E-state index in [1.54, 1.807) is 18.0 Å². The zero-order valence-corrected chi connectivity index (χ0v) is 13.3. The van der Waals surface area contributed by atoms with E-state index in [-0.39, 0.29) is 0 Å². The van der Waals surface area contributed by atoms with Crippen molar-refractivity contribution in [1.29, 1.82) is 0 Å². The lowest BCUT2D eigenvalue weighted by molar-refractivity contribution is 0.763. The molecule has 0 aromatic carbocycles. The van der Waals surface area contributed by atoms with Crippen LogP contribution in [0.4, 0.5) is 0 Å². The third kappa shape index (κ3) is 2.59. The number of rotatable bonds is 4. The molecule has 3 heterocycles. The van der Waals surface area contributed by atoms with Gasteiger partial charge in [0.25, 0.3) is 0 Å². The molecule has 0 aliphatic carbocycles. The number of hydrogen-bond donors (Lipinski definition) is 1. The Balaban J connectivity index is 2.06. The Hall–Kier alpha value is -1.37. The van der Waals surface area contributed by atoms with E-state index < -0.39 is 0 Å². The van der Waals surface area contributed by atoms with Gasteiger partial charge in [0, 0.05) is 18.9 Å². The first-order valence-electron chi connectivity index (χ1n) is 6.18. The highest BCUT2D eigenvalue weighted by Gasteiger charge is 2.14. The molecule has 0 saturated carbocycles. The van der Waals surface area contributed by atoms with Crippen molar-refractivity contribution in [3.8, 4) is 0 Å². The van der Waals surface area contributed by atoms with Crippen molar-refractivity contribution in [2.24, 2.45) is 0 Å². The summed E-state index contributed by atoms with van der Waals surface area (Å²) in [5.74, 6) is 0. The van der Waals surface area contributed by atoms with Gasteiger partial charge >= 0.3 is 0 Å². The van der Waals surface area contributed by atoms with Crippen LogP contribution in [0, 0.1) is 0 Å². The number of halogens is 1. The quantitative estimate of drug-likeness (QED) is 0.784. The molecule has 0 bridgehead atoms. The number of fused-ring (bicyclic) bond motifs is 1. The predicted octanol–water partition coefficient (Wildman–Crippen LogP) is 3.36. The topological polar surface area (TPSA) is 42.2 Å². The highest BCUT2D eigenvalue weighted by Crippen LogP contribution is 2.33. The van der Waals surface area contributed by atoms with Gasteiger partial charge < -0.3 is 9.72 Å². The van der Waals surface area contributed by atoms with Crippen molar-refractivity contribution < 1.29 is 0 Å². The Morgan fingerprint density at radius 3 is 2.95 bits per heavy atom. The van der Waals surface area contributed by atoms with Crippen molar-refractivity contribution in [1.82, 2.24) is 19.7 Å². The zero-order chi connectivity index (χ0) is 13.9. The van der Waals surface area contributed by atoms with E-state index in [1.807, 2.05) is 43.6 Å². The lowest BCUT2D eigenvalue weighted by Gasteiger charge is -2.04. The van der Waals surface area contributed by atoms with Crippen molar-refractivity contribution in [3.05, 3.63) is 52.9 Å². The van der Waals surface area contributed by atoms with E-state index in [0.717, 1.165) is 32.4 Å². The molecule has 1 N–H and O–H groups in total. The maximum Gasteiger partial charge on any atom is 0.138 e. The van der Waals surface area contributed by atoms with Crippen LogP contribution in [0.5, 0.6) is 0 Å². The van der Waals surface area contributed by atoms with Crippen LogP contribution < -0.4 is 5.32 Å². The largest absolute Gasteiger partial charge is 0.314 e. The van der Waals surface area contributed by atoms with Crippen LogP contribution in [0.2, 0.25) is 0 Å². The van der Waals surface area contributed by atoms with Gasteiger partial charge in [-0.25, -0.2) is 9.97 Å². The summed E-state index contributed by atoms with van der Waals surface area (Å²) in [4.78, 5) is 9.08. The second-order valence-corrected chi connectivity index (χ2v) is 6.05. The van der Waals surface area contributed by atoms with Crippen molar-refractivity contribution >= 4 is 33.3 Å². The molecule has 0 atom stereocenters. The summed E-state index contributed by atoms with van der Waals surface area (Å²) in [7, 11) is 1.94. The summed E-state index contributed by atoms with van der Waals surface area (Å²) in [6, 6.07) is 9.92. The maximum atomic E-state index is 4.69. The molecule has 3 aromatic rings. The fourth-order valence-electron chi connectivity index (χ4n) is 1.97. The second-order valence-electron chi connectivity index (χ2n) is 4.22. The summed E-state index contributed by atoms with van der Waals surface area (Å²) in [6.45, 7) is 0.762. The molecule has 0 saturated heterocycles. The Bertz CT molecular complexity index is 741. The van der Waals surface area contributed by atoms with E-state index in [9.17, 15) is 0 Å². The lowest BCUT2D eigenvalue weighted by atomic mass is 10.4. The third-order valence-corrected chi connectivity index (χ3v) is 4.80. The molecule has 0 fully saturated rings. The molecule has 3 rings (SSSR count). The van der Waals surface area contributed by atoms with Gasteiger partial charge in [0.1, 0.15) is 15.7 Å². The molecule has 0 radical (unpaired) electrons. The van der Waals surface area contributed by atoms with E-state index in [4.69, 9.17) is 4.98 Å². The van der Waals surface area contributed by atoms with E-state index in [1.165, 1.54) is 0 Å². The fraction of sp³-hybridized carbons (Fsp3) is 0.143. The highest BCUT2D eigenvalue weighted by atomic mass is 79.9. The SMILES string of the molecule is CNCc1c(Sc2ncccc2Br)nc2ccccn12. The molecule has 0 unspecified atom stereocenters. The second kappa shape index (κ2) is 5.95. The van der Waals surface area contributed by atoms with E-state index in [2.05, 4.69) is 30.6 Å². The average molecular weight is 349 g/mol. The van der Waals surface area contributed by atoms with Crippen LogP contribution in [0.15, 0.2) is 57.3 Å². The van der Waals surface area contributed by atoms with Crippen LogP contribution in [0.25, 0.3) is 5.65 Å². The maximum absolute atomic E-state index is 4.69. The van der Waals surface area contributed by atoms with Crippen molar-refractivity contribution in [2.45, 2.75) is 16.6 Å². The van der Waals surface area contributed by atoms with Crippen LogP contribution in [-0.2, 0) is 6.54 Å². The molecule has 3 aromatic heterocycles. The highest BCUT2D eigenvalue weighted by molar-refractivity contribution is 9.10. The average Bonchev–Trinajstić information content (AvgIpc) is 2.80. The Morgan fingerprint density at radius 2 is 2.15 bits per heavy atom. The van der Waals surface area contributed by atoms with Gasteiger partial charge in [0.05, 0.1) is 10.2 Å². The molecule has 20 heavy (non-hydrogen) atoms. The number of imidazole rings is 1. The number of hydrogen-bond acceptors (Lipinski definition) is 4. The van der Waals surface area contributed by atoms with E-state index >= 15 is 0 Å². The standard InChI is InChI=1S/C14H13BrN4S/c1-16-9-11-14(18-12-6-2-3-8-19(11)12)20-13-10(15)5-4-7-17-13/h2-8,16H,9H2,1H3. The Labute approximate surface area is 129 Å². The zero-order valence-electron chi connectivity index (χ0n) is 10.9. The summed E-state index contributed by atoms with van der Waals surface area (Å²) < 4.78 is 3.09. The van der Waals surface area contributed by atoms with Gasteiger partial charge in [-0.2, -0.15) is 0 Å². The van der Waals surface area contributed by atoms with Crippen LogP contribution in [-0.4, -0.2) is 21.4 Å². The summed E-state index contributed by atoms with van der Waals surface area (Å²) in [5, 5.41) is 5.10. The van der Waals surface area contributed by atoms with Crippen molar-refractivity contribution in [2.75, 3.05) is 7.05 Å². The first-order valence-corrected chi connectivity index (χ1v) is 7.79. The van der Waals surface area contributed by atoms with Gasteiger partial charge in [-0.05, 0) is 59.0 Å². The minimum atomic E-state index is 0.762. The Morgan fingerprint density at radius 1 is 1.25 bits per heavy atom. The molecule has 6 heteroatoms. The number of nitrogens with one attached hydrogen (secondary N) is 1.